The third-order valence-corrected chi connectivity index (χ3v) is 2.93. The summed E-state index contributed by atoms with van der Waals surface area (Å²) in [6.45, 7) is 19.9. The molecule has 1 saturated carbocycles. The fourth-order valence-corrected chi connectivity index (χ4v) is 2.08. The van der Waals surface area contributed by atoms with Gasteiger partial charge in [-0.05, 0) is 22.3 Å². The van der Waals surface area contributed by atoms with Crippen LogP contribution in [-0.4, -0.2) is 0 Å². The van der Waals surface area contributed by atoms with Crippen molar-refractivity contribution < 1.29 is 0 Å². The van der Waals surface area contributed by atoms with E-state index >= 15 is 0 Å². The minimum atomic E-state index is -0.0451. The number of allylic oxidation sites excluding steroid dienone is 8. The molecule has 0 heterocycles. The molecule has 0 bridgehead atoms. The Hall–Kier alpha value is -1.56. The lowest BCUT2D eigenvalue weighted by atomic mass is 9.82. The molecule has 0 unspecified atom stereocenters. The minimum Gasteiger partial charge on any atom is -0.0991 e. The highest BCUT2D eigenvalue weighted by Gasteiger charge is 2.38. The molecule has 0 N–H and O–H groups in total. The van der Waals surface area contributed by atoms with Crippen LogP contribution in [0.1, 0.15) is 13.8 Å². The van der Waals surface area contributed by atoms with Gasteiger partial charge in [-0.25, -0.2) is 0 Å². The summed E-state index contributed by atoms with van der Waals surface area (Å²) in [7, 11) is 0. The van der Waals surface area contributed by atoms with Crippen LogP contribution in [0.15, 0.2) is 72.9 Å². The van der Waals surface area contributed by atoms with Gasteiger partial charge >= 0.3 is 0 Å². The predicted octanol–water partition coefficient (Wildman–Crippen LogP) is 4.36. The second-order valence-corrected chi connectivity index (χ2v) is 4.21. The molecular formula is C15H18. The Kier molecular flexibility index (Phi) is 2.99. The largest absolute Gasteiger partial charge is 0.0991 e. The van der Waals surface area contributed by atoms with E-state index in [0.717, 1.165) is 11.1 Å². The van der Waals surface area contributed by atoms with E-state index in [9.17, 15) is 0 Å². The molecule has 0 aromatic heterocycles. The second-order valence-electron chi connectivity index (χ2n) is 4.21. The van der Waals surface area contributed by atoms with Crippen LogP contribution in [0.3, 0.4) is 0 Å². The van der Waals surface area contributed by atoms with Gasteiger partial charge in [-0.3, -0.25) is 0 Å². The molecule has 1 fully saturated rings. The molecule has 1 rings (SSSR count). The molecule has 0 saturated heterocycles. The molecule has 0 aliphatic heterocycles. The highest BCUT2D eigenvalue weighted by Crippen LogP contribution is 2.51. The monoisotopic (exact) mass is 198 g/mol. The Balaban J connectivity index is 3.41. The zero-order valence-corrected chi connectivity index (χ0v) is 9.64. The Labute approximate surface area is 92.7 Å². The van der Waals surface area contributed by atoms with Gasteiger partial charge in [0, 0.05) is 5.41 Å². The van der Waals surface area contributed by atoms with Crippen molar-refractivity contribution in [3.05, 3.63) is 72.9 Å². The Bertz CT molecular complexity index is 360. The molecule has 0 heteroatoms. The summed E-state index contributed by atoms with van der Waals surface area (Å²) < 4.78 is 0. The molecule has 0 nitrogen and oxygen atoms in total. The van der Waals surface area contributed by atoms with Crippen molar-refractivity contribution >= 4 is 0 Å². The van der Waals surface area contributed by atoms with E-state index in [1.54, 1.807) is 12.2 Å². The first-order valence-electron chi connectivity index (χ1n) is 5.02. The van der Waals surface area contributed by atoms with Gasteiger partial charge in [-0.15, -0.1) is 0 Å². The van der Waals surface area contributed by atoms with Crippen LogP contribution < -0.4 is 0 Å². The van der Waals surface area contributed by atoms with Gasteiger partial charge in [-0.1, -0.05) is 64.5 Å². The summed E-state index contributed by atoms with van der Waals surface area (Å²) >= 11 is 0. The molecule has 0 amide bonds. The van der Waals surface area contributed by atoms with E-state index in [4.69, 9.17) is 0 Å². The van der Waals surface area contributed by atoms with Gasteiger partial charge in [0.05, 0.1) is 0 Å². The van der Waals surface area contributed by atoms with Gasteiger partial charge in [0.25, 0.3) is 0 Å². The van der Waals surface area contributed by atoms with Crippen molar-refractivity contribution in [3.63, 3.8) is 0 Å². The van der Waals surface area contributed by atoms with Gasteiger partial charge in [0.15, 0.2) is 0 Å². The highest BCUT2D eigenvalue weighted by molar-refractivity contribution is 5.68. The van der Waals surface area contributed by atoms with Gasteiger partial charge in [0.1, 0.15) is 0 Å². The Morgan fingerprint density at radius 2 is 1.20 bits per heavy atom. The molecule has 0 radical (unpaired) electrons. The first-order valence-corrected chi connectivity index (χ1v) is 5.02. The van der Waals surface area contributed by atoms with Crippen molar-refractivity contribution in [3.8, 4) is 0 Å². The van der Waals surface area contributed by atoms with Gasteiger partial charge in [0.2, 0.25) is 0 Å². The lowest BCUT2D eigenvalue weighted by Crippen LogP contribution is -2.10. The van der Waals surface area contributed by atoms with E-state index in [1.165, 1.54) is 11.1 Å². The maximum absolute atomic E-state index is 4.07. The lowest BCUT2D eigenvalue weighted by molar-refractivity contribution is 0.583. The van der Waals surface area contributed by atoms with Crippen molar-refractivity contribution in [1.82, 2.24) is 0 Å². The molecule has 78 valence electrons. The smallest absolute Gasteiger partial charge is 0.0158 e. The summed E-state index contributed by atoms with van der Waals surface area (Å²) in [4.78, 5) is 0. The molecule has 0 spiro atoms. The van der Waals surface area contributed by atoms with Crippen LogP contribution >= 0.6 is 0 Å². The molecule has 0 atom stereocenters. The van der Waals surface area contributed by atoms with Gasteiger partial charge < -0.3 is 0 Å². The van der Waals surface area contributed by atoms with E-state index in [0.29, 0.717) is 0 Å². The first kappa shape index (κ1) is 11.5. The van der Waals surface area contributed by atoms with E-state index < -0.39 is 0 Å². The average Bonchev–Trinajstić information content (AvgIpc) is 2.32. The molecule has 15 heavy (non-hydrogen) atoms. The number of hydrogen-bond donors (Lipinski definition) is 0. The molecule has 1 aliphatic carbocycles. The van der Waals surface area contributed by atoms with Crippen LogP contribution in [0.25, 0.3) is 0 Å². The Morgan fingerprint density at radius 1 is 0.867 bits per heavy atom. The Morgan fingerprint density at radius 3 is 1.47 bits per heavy atom. The predicted molar refractivity (Wildman–Crippen MR) is 68.6 cm³/mol. The van der Waals surface area contributed by atoms with Crippen molar-refractivity contribution in [1.29, 1.82) is 0 Å². The average molecular weight is 198 g/mol. The normalized spacial score (nSPS) is 24.9. The fourth-order valence-electron chi connectivity index (χ4n) is 2.08. The quantitative estimate of drug-likeness (QED) is 0.618. The van der Waals surface area contributed by atoms with Crippen LogP contribution in [0.2, 0.25) is 0 Å². The zero-order chi connectivity index (χ0) is 11.6. The molecule has 0 aromatic rings. The third kappa shape index (κ3) is 1.68. The van der Waals surface area contributed by atoms with Crippen LogP contribution in [0.4, 0.5) is 0 Å². The molecule has 0 aromatic carbocycles. The number of rotatable bonds is 2. The lowest BCUT2D eigenvalue weighted by Gasteiger charge is -2.21. The van der Waals surface area contributed by atoms with Crippen LogP contribution in [0, 0.1) is 5.41 Å². The summed E-state index contributed by atoms with van der Waals surface area (Å²) in [6, 6.07) is 0. The summed E-state index contributed by atoms with van der Waals surface area (Å²) in [5.41, 5.74) is 4.35. The minimum absolute atomic E-state index is 0.0451. The van der Waals surface area contributed by atoms with E-state index in [-0.39, 0.29) is 5.41 Å². The molecule has 1 aliphatic rings. The fraction of sp³-hybridized carbons (Fsp3) is 0.200. The first-order chi connectivity index (χ1) is 6.96. The van der Waals surface area contributed by atoms with Gasteiger partial charge in [-0.2, -0.15) is 0 Å². The van der Waals surface area contributed by atoms with Crippen molar-refractivity contribution in [2.24, 2.45) is 5.41 Å². The highest BCUT2D eigenvalue weighted by atomic mass is 14.4. The van der Waals surface area contributed by atoms with Crippen LogP contribution in [-0.2, 0) is 0 Å². The second kappa shape index (κ2) is 3.90. The third-order valence-electron chi connectivity index (χ3n) is 2.93. The maximum atomic E-state index is 4.07. The SMILES string of the molecule is C=C/C=C1\C(=C)C(=C)/C(=C\C=C)C1(C)C. The topological polar surface area (TPSA) is 0 Å². The summed E-state index contributed by atoms with van der Waals surface area (Å²) in [5, 5.41) is 0. The molecular weight excluding hydrogens is 180 g/mol. The van der Waals surface area contributed by atoms with Crippen molar-refractivity contribution in [2.75, 3.05) is 0 Å². The standard InChI is InChI=1S/C15H18/c1-7-9-13-11(3)12(4)14(10-8-2)15(13,5)6/h7-10H,1-4H2,5-6H3/b13-9+,14-10+. The maximum Gasteiger partial charge on any atom is 0.0158 e. The van der Waals surface area contributed by atoms with Crippen LogP contribution in [0.5, 0.6) is 0 Å². The zero-order valence-electron chi connectivity index (χ0n) is 9.64. The van der Waals surface area contributed by atoms with Crippen molar-refractivity contribution in [2.45, 2.75) is 13.8 Å². The van der Waals surface area contributed by atoms with E-state index in [1.807, 2.05) is 12.2 Å². The number of hydrogen-bond acceptors (Lipinski definition) is 0. The van der Waals surface area contributed by atoms with E-state index in [2.05, 4.69) is 40.2 Å². The summed E-state index contributed by atoms with van der Waals surface area (Å²) in [5.74, 6) is 0. The summed E-state index contributed by atoms with van der Waals surface area (Å²) in [6.07, 6.45) is 7.62.